The molecule has 3 aromatic carbocycles. The number of amides is 2. The number of carbonyl (C=O) groups is 2. The summed E-state index contributed by atoms with van der Waals surface area (Å²) in [6.07, 6.45) is 1.73. The summed E-state index contributed by atoms with van der Waals surface area (Å²) in [5.41, 5.74) is 3.60. The van der Waals surface area contributed by atoms with Gasteiger partial charge in [-0.3, -0.25) is 14.9 Å². The van der Waals surface area contributed by atoms with E-state index in [1.807, 2.05) is 50.5 Å². The SMILES string of the molecule is COc1cccc2c(C3=C(c4c(Cl)ccc5ccc(CN(C)C)cc45)C(=O)NC3=O)c[nH]c12. The van der Waals surface area contributed by atoms with E-state index in [-0.39, 0.29) is 5.57 Å². The molecule has 0 unspecified atom stereocenters. The minimum Gasteiger partial charge on any atom is -0.495 e. The molecule has 1 aliphatic heterocycles. The normalized spacial score (nSPS) is 14.1. The fourth-order valence-corrected chi connectivity index (χ4v) is 4.77. The quantitative estimate of drug-likeness (QED) is 0.427. The van der Waals surface area contributed by atoms with Gasteiger partial charge in [-0.25, -0.2) is 0 Å². The number of nitrogens with zero attached hydrogens (tertiary/aromatic N) is 1. The van der Waals surface area contributed by atoms with E-state index in [4.69, 9.17) is 16.3 Å². The van der Waals surface area contributed by atoms with Gasteiger partial charge >= 0.3 is 0 Å². The van der Waals surface area contributed by atoms with Crippen LogP contribution in [-0.2, 0) is 16.1 Å². The average Bonchev–Trinajstić information content (AvgIpc) is 3.33. The number of imide groups is 1. The zero-order chi connectivity index (χ0) is 23.3. The van der Waals surface area contributed by atoms with E-state index in [0.717, 1.165) is 33.8 Å². The first-order valence-electron chi connectivity index (χ1n) is 10.5. The number of halogens is 1. The van der Waals surface area contributed by atoms with Crippen LogP contribution >= 0.6 is 11.6 Å². The lowest BCUT2D eigenvalue weighted by molar-refractivity contribution is -0.122. The number of methoxy groups -OCH3 is 1. The van der Waals surface area contributed by atoms with Gasteiger partial charge in [-0.1, -0.05) is 41.9 Å². The summed E-state index contributed by atoms with van der Waals surface area (Å²) >= 11 is 6.68. The van der Waals surface area contributed by atoms with Gasteiger partial charge in [0.05, 0.1) is 23.8 Å². The molecule has 2 N–H and O–H groups in total. The standard InChI is InChI=1S/C26H22ClN3O3/c1-30(2)13-14-7-8-15-9-10-19(27)21(17(15)11-14)23-22(25(31)29-26(23)32)18-12-28-24-16(18)5-4-6-20(24)33-3/h4-12,28H,13H2,1-3H3,(H,29,31,32). The highest BCUT2D eigenvalue weighted by Crippen LogP contribution is 2.41. The van der Waals surface area contributed by atoms with Crippen molar-refractivity contribution in [2.75, 3.05) is 21.2 Å². The zero-order valence-electron chi connectivity index (χ0n) is 18.5. The monoisotopic (exact) mass is 459 g/mol. The Morgan fingerprint density at radius 3 is 2.48 bits per heavy atom. The molecule has 2 amide bonds. The first-order chi connectivity index (χ1) is 15.9. The molecule has 0 bridgehead atoms. The van der Waals surface area contributed by atoms with Crippen LogP contribution in [0, 0.1) is 0 Å². The molecule has 5 rings (SSSR count). The van der Waals surface area contributed by atoms with Crippen molar-refractivity contribution >= 4 is 56.2 Å². The smallest absolute Gasteiger partial charge is 0.259 e. The number of nitrogens with one attached hydrogen (secondary N) is 2. The first kappa shape index (κ1) is 21.2. The largest absolute Gasteiger partial charge is 0.495 e. The first-order valence-corrected chi connectivity index (χ1v) is 10.9. The Hall–Kier alpha value is -3.61. The van der Waals surface area contributed by atoms with Gasteiger partial charge < -0.3 is 14.6 Å². The number of para-hydroxylation sites is 1. The summed E-state index contributed by atoms with van der Waals surface area (Å²) in [5, 5.41) is 5.45. The van der Waals surface area contributed by atoms with Crippen molar-refractivity contribution in [3.63, 3.8) is 0 Å². The van der Waals surface area contributed by atoms with E-state index in [9.17, 15) is 9.59 Å². The molecule has 2 heterocycles. The molecule has 166 valence electrons. The van der Waals surface area contributed by atoms with Gasteiger partial charge in [0.1, 0.15) is 5.75 Å². The number of hydrogen-bond donors (Lipinski definition) is 2. The number of ether oxygens (including phenoxy) is 1. The van der Waals surface area contributed by atoms with Crippen LogP contribution in [-0.4, -0.2) is 42.9 Å². The lowest BCUT2D eigenvalue weighted by Crippen LogP contribution is -2.22. The van der Waals surface area contributed by atoms with E-state index < -0.39 is 11.8 Å². The van der Waals surface area contributed by atoms with Gasteiger partial charge in [-0.05, 0) is 48.6 Å². The van der Waals surface area contributed by atoms with E-state index in [0.29, 0.717) is 27.5 Å². The van der Waals surface area contributed by atoms with E-state index in [2.05, 4.69) is 21.3 Å². The maximum absolute atomic E-state index is 13.1. The summed E-state index contributed by atoms with van der Waals surface area (Å²) < 4.78 is 5.44. The fourth-order valence-electron chi connectivity index (χ4n) is 4.51. The van der Waals surface area contributed by atoms with Crippen molar-refractivity contribution in [3.8, 4) is 5.75 Å². The molecule has 0 atom stereocenters. The lowest BCUT2D eigenvalue weighted by Gasteiger charge is -2.14. The Balaban J connectivity index is 1.83. The predicted octanol–water partition coefficient (Wildman–Crippen LogP) is 4.61. The summed E-state index contributed by atoms with van der Waals surface area (Å²) in [7, 11) is 5.59. The molecule has 0 radical (unpaired) electrons. The maximum Gasteiger partial charge on any atom is 0.259 e. The molecule has 0 saturated heterocycles. The summed E-state index contributed by atoms with van der Waals surface area (Å²) in [6.45, 7) is 0.737. The van der Waals surface area contributed by atoms with Crippen LogP contribution in [0.15, 0.2) is 54.7 Å². The van der Waals surface area contributed by atoms with Crippen molar-refractivity contribution in [3.05, 3.63) is 76.4 Å². The Morgan fingerprint density at radius 1 is 0.970 bits per heavy atom. The Kier molecular flexibility index (Phi) is 5.19. The molecule has 1 aromatic heterocycles. The second-order valence-corrected chi connectivity index (χ2v) is 8.74. The number of rotatable bonds is 5. The van der Waals surface area contributed by atoms with Crippen LogP contribution in [0.1, 0.15) is 16.7 Å². The Morgan fingerprint density at radius 2 is 1.73 bits per heavy atom. The molecular formula is C26H22ClN3O3. The second-order valence-electron chi connectivity index (χ2n) is 8.33. The average molecular weight is 460 g/mol. The zero-order valence-corrected chi connectivity index (χ0v) is 19.2. The summed E-state index contributed by atoms with van der Waals surface area (Å²) in [5.74, 6) is -0.252. The molecular weight excluding hydrogens is 438 g/mol. The number of carbonyl (C=O) groups excluding carboxylic acids is 2. The Labute approximate surface area is 195 Å². The van der Waals surface area contributed by atoms with E-state index in [1.54, 1.807) is 19.4 Å². The van der Waals surface area contributed by atoms with Gasteiger partial charge in [-0.15, -0.1) is 0 Å². The number of hydrogen-bond acceptors (Lipinski definition) is 4. The third-order valence-corrected chi connectivity index (χ3v) is 6.20. The van der Waals surface area contributed by atoms with Crippen LogP contribution in [0.25, 0.3) is 32.8 Å². The number of H-pyrrole nitrogens is 1. The molecule has 0 saturated carbocycles. The number of aromatic nitrogens is 1. The third kappa shape index (κ3) is 3.48. The van der Waals surface area contributed by atoms with Crippen molar-refractivity contribution in [1.82, 2.24) is 15.2 Å². The molecule has 4 aromatic rings. The summed E-state index contributed by atoms with van der Waals surface area (Å²) in [6, 6.07) is 15.4. The highest BCUT2D eigenvalue weighted by molar-refractivity contribution is 6.52. The van der Waals surface area contributed by atoms with Gasteiger partial charge in [0.2, 0.25) is 0 Å². The molecule has 7 heteroatoms. The molecule has 0 fully saturated rings. The van der Waals surface area contributed by atoms with Crippen molar-refractivity contribution < 1.29 is 14.3 Å². The lowest BCUT2D eigenvalue weighted by atomic mass is 9.91. The molecule has 33 heavy (non-hydrogen) atoms. The highest BCUT2D eigenvalue weighted by Gasteiger charge is 2.35. The number of benzene rings is 3. The van der Waals surface area contributed by atoms with Crippen molar-refractivity contribution in [2.45, 2.75) is 6.54 Å². The van der Waals surface area contributed by atoms with Crippen LogP contribution in [0.5, 0.6) is 5.75 Å². The predicted molar refractivity (Wildman–Crippen MR) is 131 cm³/mol. The topological polar surface area (TPSA) is 74.4 Å². The summed E-state index contributed by atoms with van der Waals surface area (Å²) in [4.78, 5) is 31.4. The van der Waals surface area contributed by atoms with E-state index >= 15 is 0 Å². The number of aromatic amines is 1. The molecule has 0 aliphatic carbocycles. The molecule has 0 spiro atoms. The van der Waals surface area contributed by atoms with Gasteiger partial charge in [0, 0.05) is 34.3 Å². The third-order valence-electron chi connectivity index (χ3n) is 5.88. The Bertz CT molecular complexity index is 1480. The van der Waals surface area contributed by atoms with Crippen LogP contribution in [0.4, 0.5) is 0 Å². The maximum atomic E-state index is 13.1. The van der Waals surface area contributed by atoms with Gasteiger partial charge in [-0.2, -0.15) is 0 Å². The van der Waals surface area contributed by atoms with Crippen LogP contribution in [0.2, 0.25) is 5.02 Å². The van der Waals surface area contributed by atoms with Gasteiger partial charge in [0.15, 0.2) is 0 Å². The van der Waals surface area contributed by atoms with Gasteiger partial charge in [0.25, 0.3) is 11.8 Å². The van der Waals surface area contributed by atoms with Crippen molar-refractivity contribution in [1.29, 1.82) is 0 Å². The number of fused-ring (bicyclic) bond motifs is 2. The molecule has 1 aliphatic rings. The van der Waals surface area contributed by atoms with Crippen LogP contribution < -0.4 is 10.1 Å². The minimum absolute atomic E-state index is 0.279. The second kappa shape index (κ2) is 8.06. The van der Waals surface area contributed by atoms with E-state index in [1.165, 1.54) is 0 Å². The van der Waals surface area contributed by atoms with Crippen LogP contribution in [0.3, 0.4) is 0 Å². The van der Waals surface area contributed by atoms with Crippen molar-refractivity contribution in [2.24, 2.45) is 0 Å². The highest BCUT2D eigenvalue weighted by atomic mass is 35.5. The fraction of sp³-hybridized carbons (Fsp3) is 0.154. The molecule has 6 nitrogen and oxygen atoms in total. The minimum atomic E-state index is -0.459.